The number of likely N-dealkylation sites (N-methyl/N-ethyl adjacent to an activating group) is 1. The van der Waals surface area contributed by atoms with Gasteiger partial charge in [-0.1, -0.05) is 12.8 Å². The molecule has 0 spiro atoms. The summed E-state index contributed by atoms with van der Waals surface area (Å²) >= 11 is 0. The Morgan fingerprint density at radius 2 is 2.16 bits per heavy atom. The summed E-state index contributed by atoms with van der Waals surface area (Å²) in [6.07, 6.45) is 8.13. The van der Waals surface area contributed by atoms with Crippen LogP contribution in [0.1, 0.15) is 38.5 Å². The number of carbonyl (C=O) groups is 2. The van der Waals surface area contributed by atoms with Gasteiger partial charge in [-0.2, -0.15) is 0 Å². The van der Waals surface area contributed by atoms with Crippen LogP contribution in [0, 0.1) is 11.3 Å². The third-order valence-corrected chi connectivity index (χ3v) is 4.53. The highest BCUT2D eigenvalue weighted by molar-refractivity contribution is 5.84. The third kappa shape index (κ3) is 2.80. The molecule has 106 valence electrons. The molecule has 2 fully saturated rings. The molecule has 5 nitrogen and oxygen atoms in total. The van der Waals surface area contributed by atoms with Gasteiger partial charge in [0.05, 0.1) is 0 Å². The van der Waals surface area contributed by atoms with E-state index in [9.17, 15) is 9.59 Å². The van der Waals surface area contributed by atoms with Crippen LogP contribution in [0.3, 0.4) is 0 Å². The molecule has 3 unspecified atom stereocenters. The van der Waals surface area contributed by atoms with Gasteiger partial charge in [0.2, 0.25) is 12.3 Å². The Kier molecular flexibility index (Phi) is 4.56. The average Bonchev–Trinajstić information content (AvgIpc) is 2.82. The monoisotopic (exact) mass is 265 g/mol. The Balaban J connectivity index is 2.04. The first-order chi connectivity index (χ1) is 9.19. The lowest BCUT2D eigenvalue weighted by molar-refractivity contribution is -0.139. The minimum atomic E-state index is -0.277. The van der Waals surface area contributed by atoms with Gasteiger partial charge in [0.15, 0.2) is 0 Å². The summed E-state index contributed by atoms with van der Waals surface area (Å²) in [5.41, 5.74) is 0. The van der Waals surface area contributed by atoms with E-state index < -0.39 is 0 Å². The first-order valence-electron chi connectivity index (χ1n) is 7.15. The number of fused-ring (bicyclic) bond motifs is 1. The number of hydrogen-bond acceptors (Lipinski definition) is 3. The van der Waals surface area contributed by atoms with E-state index in [1.54, 1.807) is 16.8 Å². The van der Waals surface area contributed by atoms with E-state index >= 15 is 0 Å². The number of carbonyl (C=O) groups excluding carboxylic acids is 2. The Hall–Kier alpha value is -1.39. The maximum Gasteiger partial charge on any atom is 0.245 e. The van der Waals surface area contributed by atoms with Crippen LogP contribution in [-0.2, 0) is 9.59 Å². The van der Waals surface area contributed by atoms with E-state index in [2.05, 4.69) is 0 Å². The lowest BCUT2D eigenvalue weighted by atomic mass is 9.85. The summed E-state index contributed by atoms with van der Waals surface area (Å²) in [5.74, 6) is 0.535. The van der Waals surface area contributed by atoms with Gasteiger partial charge in [0, 0.05) is 19.6 Å². The Morgan fingerprint density at radius 3 is 2.84 bits per heavy atom. The van der Waals surface area contributed by atoms with E-state index in [-0.39, 0.29) is 18.0 Å². The highest BCUT2D eigenvalue weighted by Gasteiger charge is 2.45. The maximum atomic E-state index is 12.4. The topological polar surface area (TPSA) is 64.5 Å². The lowest BCUT2D eigenvalue weighted by Crippen LogP contribution is -2.46. The number of hydrogen-bond donors (Lipinski definition) is 1. The molecule has 19 heavy (non-hydrogen) atoms. The van der Waals surface area contributed by atoms with Gasteiger partial charge >= 0.3 is 0 Å². The Bertz CT molecular complexity index is 359. The van der Waals surface area contributed by atoms with Crippen molar-refractivity contribution in [2.24, 2.45) is 5.92 Å². The van der Waals surface area contributed by atoms with Crippen molar-refractivity contribution in [3.05, 3.63) is 0 Å². The standard InChI is InChI=1S/C14H23N3O2/c1-16(8-4-7-15)14(19)13-9-11-5-2-3-6-12(11)17(13)10-18/h7,10-13,15H,2-6,8-9H2,1H3. The zero-order chi connectivity index (χ0) is 13.8. The fourth-order valence-electron chi connectivity index (χ4n) is 3.50. The van der Waals surface area contributed by atoms with Gasteiger partial charge in [-0.15, -0.1) is 0 Å². The highest BCUT2D eigenvalue weighted by Crippen LogP contribution is 2.39. The second-order valence-electron chi connectivity index (χ2n) is 5.67. The smallest absolute Gasteiger partial charge is 0.245 e. The fourth-order valence-corrected chi connectivity index (χ4v) is 3.50. The van der Waals surface area contributed by atoms with Gasteiger partial charge in [0.1, 0.15) is 6.04 Å². The summed E-state index contributed by atoms with van der Waals surface area (Å²) in [7, 11) is 1.76. The summed E-state index contributed by atoms with van der Waals surface area (Å²) < 4.78 is 0. The lowest BCUT2D eigenvalue weighted by Gasteiger charge is -2.31. The predicted octanol–water partition coefficient (Wildman–Crippen LogP) is 1.27. The molecule has 3 atom stereocenters. The molecule has 5 heteroatoms. The molecule has 0 aromatic heterocycles. The number of nitrogens with one attached hydrogen (secondary N) is 1. The summed E-state index contributed by atoms with van der Waals surface area (Å²) in [4.78, 5) is 27.2. The van der Waals surface area contributed by atoms with Crippen molar-refractivity contribution >= 4 is 18.5 Å². The Morgan fingerprint density at radius 1 is 1.42 bits per heavy atom. The molecule has 1 aliphatic heterocycles. The van der Waals surface area contributed by atoms with Crippen molar-refractivity contribution in [2.75, 3.05) is 13.6 Å². The van der Waals surface area contributed by atoms with Crippen LogP contribution in [0.15, 0.2) is 0 Å². The molecule has 0 aromatic carbocycles. The van der Waals surface area contributed by atoms with Gasteiger partial charge < -0.3 is 15.2 Å². The van der Waals surface area contributed by atoms with E-state index in [0.29, 0.717) is 18.9 Å². The van der Waals surface area contributed by atoms with E-state index in [1.165, 1.54) is 12.6 Å². The molecule has 0 bridgehead atoms. The van der Waals surface area contributed by atoms with Gasteiger partial charge in [0.25, 0.3) is 0 Å². The van der Waals surface area contributed by atoms with Crippen LogP contribution in [0.2, 0.25) is 0 Å². The fraction of sp³-hybridized carbons (Fsp3) is 0.786. The summed E-state index contributed by atoms with van der Waals surface area (Å²) in [5, 5.41) is 7.02. The van der Waals surface area contributed by atoms with Crippen LogP contribution in [0.5, 0.6) is 0 Å². The minimum absolute atomic E-state index is 0.0309. The quantitative estimate of drug-likeness (QED) is 0.601. The van der Waals surface area contributed by atoms with Crippen LogP contribution >= 0.6 is 0 Å². The molecule has 0 radical (unpaired) electrons. The van der Waals surface area contributed by atoms with Crippen molar-refractivity contribution in [1.29, 1.82) is 5.41 Å². The van der Waals surface area contributed by atoms with Crippen molar-refractivity contribution in [3.63, 3.8) is 0 Å². The number of rotatable bonds is 5. The molecule has 2 amide bonds. The van der Waals surface area contributed by atoms with Gasteiger partial charge in [-0.25, -0.2) is 0 Å². The van der Waals surface area contributed by atoms with Crippen molar-refractivity contribution in [2.45, 2.75) is 50.6 Å². The van der Waals surface area contributed by atoms with Crippen molar-refractivity contribution in [1.82, 2.24) is 9.80 Å². The molecule has 2 rings (SSSR count). The normalized spacial score (nSPS) is 29.7. The van der Waals surface area contributed by atoms with Gasteiger partial charge in [-0.05, 0) is 37.8 Å². The van der Waals surface area contributed by atoms with Crippen LogP contribution < -0.4 is 0 Å². The van der Waals surface area contributed by atoms with Crippen molar-refractivity contribution in [3.8, 4) is 0 Å². The summed E-state index contributed by atoms with van der Waals surface area (Å²) in [6.45, 7) is 0.556. The predicted molar refractivity (Wildman–Crippen MR) is 73.1 cm³/mol. The molecule has 1 aliphatic carbocycles. The van der Waals surface area contributed by atoms with Crippen molar-refractivity contribution < 1.29 is 9.59 Å². The van der Waals surface area contributed by atoms with Crippen LogP contribution in [-0.4, -0.2) is 54.0 Å². The maximum absolute atomic E-state index is 12.4. The molecule has 1 saturated heterocycles. The molecule has 2 aliphatic rings. The Labute approximate surface area is 114 Å². The first kappa shape index (κ1) is 14.0. The van der Waals surface area contributed by atoms with E-state index in [1.807, 2.05) is 0 Å². The zero-order valence-corrected chi connectivity index (χ0v) is 11.5. The van der Waals surface area contributed by atoms with Crippen LogP contribution in [0.25, 0.3) is 0 Å². The highest BCUT2D eigenvalue weighted by atomic mass is 16.2. The zero-order valence-electron chi connectivity index (χ0n) is 11.5. The number of likely N-dealkylation sites (tertiary alicyclic amines) is 1. The van der Waals surface area contributed by atoms with E-state index in [0.717, 1.165) is 32.1 Å². The average molecular weight is 265 g/mol. The second kappa shape index (κ2) is 6.17. The summed E-state index contributed by atoms with van der Waals surface area (Å²) in [6, 6.07) is -0.00216. The molecule has 1 heterocycles. The van der Waals surface area contributed by atoms with E-state index in [4.69, 9.17) is 5.41 Å². The number of amides is 2. The SMILES string of the molecule is CN(CCC=N)C(=O)C1CC2CCCCC2N1C=O. The van der Waals surface area contributed by atoms with Gasteiger partial charge in [-0.3, -0.25) is 9.59 Å². The largest absolute Gasteiger partial charge is 0.344 e. The second-order valence-corrected chi connectivity index (χ2v) is 5.67. The molecule has 0 aromatic rings. The number of nitrogens with zero attached hydrogens (tertiary/aromatic N) is 2. The molecule has 1 N–H and O–H groups in total. The third-order valence-electron chi connectivity index (χ3n) is 4.53. The minimum Gasteiger partial charge on any atom is -0.344 e. The molecular weight excluding hydrogens is 242 g/mol. The first-order valence-corrected chi connectivity index (χ1v) is 7.15. The molecule has 1 saturated carbocycles. The van der Waals surface area contributed by atoms with Crippen LogP contribution in [0.4, 0.5) is 0 Å². The molecular formula is C14H23N3O2.